The van der Waals surface area contributed by atoms with Gasteiger partial charge in [0.05, 0.1) is 17.1 Å². The van der Waals surface area contributed by atoms with Gasteiger partial charge in [0, 0.05) is 24.8 Å². The molecule has 0 saturated carbocycles. The summed E-state index contributed by atoms with van der Waals surface area (Å²) in [5.41, 5.74) is 3.22. The summed E-state index contributed by atoms with van der Waals surface area (Å²) in [5.74, 6) is 0.00399. The predicted octanol–water partition coefficient (Wildman–Crippen LogP) is 3.36. The number of likely N-dealkylation sites (N-methyl/N-ethyl adjacent to an activating group) is 1. The molecule has 2 heterocycles. The Morgan fingerprint density at radius 1 is 1.45 bits per heavy atom. The molecule has 2 rings (SSSR count). The van der Waals surface area contributed by atoms with Crippen LogP contribution in [0.15, 0.2) is 24.4 Å². The zero-order chi connectivity index (χ0) is 16.4. The van der Waals surface area contributed by atoms with Crippen molar-refractivity contribution in [1.29, 1.82) is 0 Å². The molecule has 2 aromatic rings. The lowest BCUT2D eigenvalue weighted by molar-refractivity contribution is 0.0780. The van der Waals surface area contributed by atoms with E-state index in [1.165, 1.54) is 0 Å². The van der Waals surface area contributed by atoms with E-state index >= 15 is 0 Å². The molecular weight excluding hydrogens is 276 g/mol. The Bertz CT molecular complexity index is 715. The van der Waals surface area contributed by atoms with Crippen LogP contribution in [0.3, 0.4) is 0 Å². The second-order valence-electron chi connectivity index (χ2n) is 6.01. The molecule has 0 aliphatic heterocycles. The number of aromatic nitrogens is 3. The molecule has 0 aromatic carbocycles. The fourth-order valence-corrected chi connectivity index (χ4v) is 2.52. The molecule has 0 atom stereocenters. The SMILES string of the molecule is C=C(C)CN(CC)C(=O)c1cc(C)nc2c1cnn2C(C)C. The molecule has 0 N–H and O–H groups in total. The standard InChI is InChI=1S/C17H24N4O/c1-7-20(10-11(2)3)17(22)14-8-13(6)19-16-15(14)9-18-21(16)12(4)5/h8-9,12H,2,7,10H2,1,3-6H3. The highest BCUT2D eigenvalue weighted by Crippen LogP contribution is 2.22. The van der Waals surface area contributed by atoms with Crippen molar-refractivity contribution in [3.05, 3.63) is 35.7 Å². The predicted molar refractivity (Wildman–Crippen MR) is 89.0 cm³/mol. The topological polar surface area (TPSA) is 51.0 Å². The first-order chi connectivity index (χ1) is 10.3. The van der Waals surface area contributed by atoms with Crippen LogP contribution >= 0.6 is 0 Å². The van der Waals surface area contributed by atoms with Gasteiger partial charge < -0.3 is 4.90 Å². The normalized spacial score (nSPS) is 11.2. The second kappa shape index (κ2) is 6.30. The van der Waals surface area contributed by atoms with Crippen molar-refractivity contribution in [2.75, 3.05) is 13.1 Å². The van der Waals surface area contributed by atoms with Gasteiger partial charge in [-0.2, -0.15) is 5.10 Å². The summed E-state index contributed by atoms with van der Waals surface area (Å²) < 4.78 is 1.86. The number of aryl methyl sites for hydroxylation is 1. The highest BCUT2D eigenvalue weighted by molar-refractivity contribution is 6.05. The molecule has 118 valence electrons. The fourth-order valence-electron chi connectivity index (χ4n) is 2.52. The number of nitrogens with zero attached hydrogens (tertiary/aromatic N) is 4. The van der Waals surface area contributed by atoms with Crippen molar-refractivity contribution in [2.24, 2.45) is 0 Å². The number of hydrogen-bond donors (Lipinski definition) is 0. The number of carbonyl (C=O) groups excluding carboxylic acids is 1. The van der Waals surface area contributed by atoms with Crippen LogP contribution in [0.1, 0.15) is 49.8 Å². The van der Waals surface area contributed by atoms with Crippen LogP contribution in [-0.4, -0.2) is 38.7 Å². The quantitative estimate of drug-likeness (QED) is 0.796. The Labute approximate surface area is 131 Å². The highest BCUT2D eigenvalue weighted by Gasteiger charge is 2.20. The van der Waals surface area contributed by atoms with Crippen molar-refractivity contribution in [3.8, 4) is 0 Å². The third kappa shape index (κ3) is 3.03. The summed E-state index contributed by atoms with van der Waals surface area (Å²) in [7, 11) is 0. The zero-order valence-electron chi connectivity index (χ0n) is 14.1. The first kappa shape index (κ1) is 16.2. The van der Waals surface area contributed by atoms with E-state index in [1.54, 1.807) is 11.1 Å². The van der Waals surface area contributed by atoms with Gasteiger partial charge in [-0.15, -0.1) is 0 Å². The smallest absolute Gasteiger partial charge is 0.255 e. The van der Waals surface area contributed by atoms with E-state index < -0.39 is 0 Å². The van der Waals surface area contributed by atoms with Gasteiger partial charge in [-0.1, -0.05) is 12.2 Å². The van der Waals surface area contributed by atoms with Gasteiger partial charge in [0.1, 0.15) is 0 Å². The maximum absolute atomic E-state index is 12.9. The van der Waals surface area contributed by atoms with E-state index in [0.717, 1.165) is 22.3 Å². The number of hydrogen-bond acceptors (Lipinski definition) is 3. The van der Waals surface area contributed by atoms with Crippen LogP contribution in [0.5, 0.6) is 0 Å². The van der Waals surface area contributed by atoms with Crippen molar-refractivity contribution >= 4 is 16.9 Å². The molecule has 0 unspecified atom stereocenters. The first-order valence-electron chi connectivity index (χ1n) is 7.63. The Kier molecular flexibility index (Phi) is 4.64. The van der Waals surface area contributed by atoms with Gasteiger partial charge in [0.15, 0.2) is 5.65 Å². The third-order valence-corrected chi connectivity index (χ3v) is 3.54. The summed E-state index contributed by atoms with van der Waals surface area (Å²) in [6, 6.07) is 2.05. The maximum atomic E-state index is 12.9. The molecular formula is C17H24N4O. The van der Waals surface area contributed by atoms with Crippen LogP contribution in [0.25, 0.3) is 11.0 Å². The van der Waals surface area contributed by atoms with E-state index in [2.05, 4.69) is 30.5 Å². The lowest BCUT2D eigenvalue weighted by atomic mass is 10.1. The summed E-state index contributed by atoms with van der Waals surface area (Å²) in [6.45, 7) is 15.0. The van der Waals surface area contributed by atoms with E-state index in [-0.39, 0.29) is 11.9 Å². The Hall–Kier alpha value is -2.17. The van der Waals surface area contributed by atoms with Gasteiger partial charge in [-0.3, -0.25) is 4.79 Å². The summed E-state index contributed by atoms with van der Waals surface area (Å²) >= 11 is 0. The minimum absolute atomic E-state index is 0.00399. The van der Waals surface area contributed by atoms with E-state index in [4.69, 9.17) is 0 Å². The third-order valence-electron chi connectivity index (χ3n) is 3.54. The Morgan fingerprint density at radius 3 is 2.68 bits per heavy atom. The molecule has 1 amide bonds. The summed E-state index contributed by atoms with van der Waals surface area (Å²) in [4.78, 5) is 19.2. The maximum Gasteiger partial charge on any atom is 0.255 e. The number of rotatable bonds is 5. The molecule has 0 aliphatic rings. The lowest BCUT2D eigenvalue weighted by Gasteiger charge is -2.21. The largest absolute Gasteiger partial charge is 0.335 e. The van der Waals surface area contributed by atoms with Crippen LogP contribution in [0.2, 0.25) is 0 Å². The van der Waals surface area contributed by atoms with Crippen LogP contribution in [0, 0.1) is 6.92 Å². The lowest BCUT2D eigenvalue weighted by Crippen LogP contribution is -2.32. The first-order valence-corrected chi connectivity index (χ1v) is 7.63. The number of amides is 1. The van der Waals surface area contributed by atoms with E-state index in [9.17, 15) is 4.79 Å². The highest BCUT2D eigenvalue weighted by atomic mass is 16.2. The van der Waals surface area contributed by atoms with Crippen molar-refractivity contribution in [2.45, 2.75) is 40.7 Å². The summed E-state index contributed by atoms with van der Waals surface area (Å²) in [5, 5.41) is 5.20. The number of carbonyl (C=O) groups is 1. The second-order valence-corrected chi connectivity index (χ2v) is 6.01. The van der Waals surface area contributed by atoms with E-state index in [1.807, 2.05) is 31.5 Å². The average molecular weight is 300 g/mol. The number of fused-ring (bicyclic) bond motifs is 1. The van der Waals surface area contributed by atoms with Crippen molar-refractivity contribution < 1.29 is 4.79 Å². The molecule has 22 heavy (non-hydrogen) atoms. The minimum Gasteiger partial charge on any atom is -0.335 e. The van der Waals surface area contributed by atoms with Gasteiger partial charge in [0.25, 0.3) is 5.91 Å². The molecule has 2 aromatic heterocycles. The Morgan fingerprint density at radius 2 is 2.14 bits per heavy atom. The van der Waals surface area contributed by atoms with Gasteiger partial charge >= 0.3 is 0 Å². The van der Waals surface area contributed by atoms with Crippen molar-refractivity contribution in [3.63, 3.8) is 0 Å². The molecule has 5 nitrogen and oxygen atoms in total. The average Bonchev–Trinajstić information content (AvgIpc) is 2.86. The number of pyridine rings is 1. The molecule has 0 fully saturated rings. The van der Waals surface area contributed by atoms with E-state index in [0.29, 0.717) is 18.7 Å². The van der Waals surface area contributed by atoms with Gasteiger partial charge in [-0.05, 0) is 40.7 Å². The minimum atomic E-state index is 0.00399. The van der Waals surface area contributed by atoms with Crippen LogP contribution in [0.4, 0.5) is 0 Å². The molecule has 0 radical (unpaired) electrons. The molecule has 5 heteroatoms. The van der Waals surface area contributed by atoms with Crippen LogP contribution < -0.4 is 0 Å². The molecule has 0 aliphatic carbocycles. The monoisotopic (exact) mass is 300 g/mol. The molecule has 0 spiro atoms. The van der Waals surface area contributed by atoms with Crippen LogP contribution in [-0.2, 0) is 0 Å². The molecule has 0 saturated heterocycles. The van der Waals surface area contributed by atoms with Gasteiger partial charge in [0.2, 0.25) is 0 Å². The van der Waals surface area contributed by atoms with Crippen molar-refractivity contribution in [1.82, 2.24) is 19.7 Å². The van der Waals surface area contributed by atoms with Gasteiger partial charge in [-0.25, -0.2) is 9.67 Å². The fraction of sp³-hybridized carbons (Fsp3) is 0.471. The Balaban J connectivity index is 2.55. The zero-order valence-corrected chi connectivity index (χ0v) is 14.1. The molecule has 0 bridgehead atoms. The summed E-state index contributed by atoms with van der Waals surface area (Å²) in [6.07, 6.45) is 1.74.